The monoisotopic (exact) mass is 411 g/mol. The molecule has 0 amide bonds. The molecule has 0 fully saturated rings. The van der Waals surface area contributed by atoms with Gasteiger partial charge in [-0.1, -0.05) is 19.9 Å². The van der Waals surface area contributed by atoms with Crippen molar-refractivity contribution in [3.63, 3.8) is 0 Å². The minimum absolute atomic E-state index is 0. The first kappa shape index (κ1) is 13.4. The van der Waals surface area contributed by atoms with Crippen molar-refractivity contribution < 1.29 is 21.1 Å². The van der Waals surface area contributed by atoms with E-state index in [1.807, 2.05) is 6.54 Å². The second-order valence-electron chi connectivity index (χ2n) is 3.02. The maximum atomic E-state index is 3.37. The zero-order valence-electron chi connectivity index (χ0n) is 7.88. The van der Waals surface area contributed by atoms with Gasteiger partial charge in [0.15, 0.2) is 0 Å². The van der Waals surface area contributed by atoms with Gasteiger partial charge in [0.2, 0.25) is 0 Å². The van der Waals surface area contributed by atoms with Crippen LogP contribution in [0.5, 0.6) is 0 Å². The van der Waals surface area contributed by atoms with Gasteiger partial charge in [-0.3, -0.25) is 0 Å². The van der Waals surface area contributed by atoms with Crippen molar-refractivity contribution in [3.8, 4) is 0 Å². The summed E-state index contributed by atoms with van der Waals surface area (Å²) in [5, 5.41) is 4.10. The van der Waals surface area contributed by atoms with Crippen LogP contribution in [-0.2, 0) is 21.1 Å². The summed E-state index contributed by atoms with van der Waals surface area (Å²) in [7, 11) is 0. The van der Waals surface area contributed by atoms with Crippen molar-refractivity contribution in [1.29, 1.82) is 0 Å². The summed E-state index contributed by atoms with van der Waals surface area (Å²) in [6.07, 6.45) is 7.77. The van der Waals surface area contributed by atoms with Crippen LogP contribution in [0.2, 0.25) is 0 Å². The third kappa shape index (κ3) is 4.46. The fourth-order valence-corrected chi connectivity index (χ4v) is 1.34. The Morgan fingerprint density at radius 2 is 2.23 bits per heavy atom. The van der Waals surface area contributed by atoms with Gasteiger partial charge in [0.05, 0.1) is 0 Å². The van der Waals surface area contributed by atoms with Crippen molar-refractivity contribution in [2.45, 2.75) is 13.8 Å². The van der Waals surface area contributed by atoms with Gasteiger partial charge in [0.1, 0.15) is 0 Å². The largest absolute Gasteiger partial charge is 2.00 e. The van der Waals surface area contributed by atoms with E-state index in [9.17, 15) is 0 Å². The first-order valence-electron chi connectivity index (χ1n) is 4.20. The molecule has 0 aromatic carbocycles. The Kier molecular flexibility index (Phi) is 7.07. The number of hydrogen-bond acceptors (Lipinski definition) is 1. The zero-order valence-corrected chi connectivity index (χ0v) is 12.4. The van der Waals surface area contributed by atoms with Crippen molar-refractivity contribution >= 4 is 15.9 Å². The van der Waals surface area contributed by atoms with Crippen LogP contribution in [-0.4, -0.2) is 5.33 Å². The van der Waals surface area contributed by atoms with E-state index < -0.39 is 0 Å². The average Bonchev–Trinajstić information content (AvgIpc) is 2.07. The maximum absolute atomic E-state index is 3.37. The molecule has 72 valence electrons. The molecule has 1 nitrogen and oxygen atoms in total. The molecule has 0 aromatic heterocycles. The molecule has 2 atom stereocenters. The third-order valence-corrected chi connectivity index (χ3v) is 2.19. The molecule has 0 saturated heterocycles. The second kappa shape index (κ2) is 6.84. The topological polar surface area (TPSA) is 12.0 Å². The zero-order chi connectivity index (χ0) is 8.97. The van der Waals surface area contributed by atoms with Crippen LogP contribution in [0.1, 0.15) is 13.8 Å². The Bertz CT molecular complexity index is 201. The number of nitrogens with one attached hydrogen (secondary N) is 1. The molecule has 3 heteroatoms. The fourth-order valence-electron chi connectivity index (χ4n) is 1.18. The average molecular weight is 412 g/mol. The quantitative estimate of drug-likeness (QED) is 0.427. The van der Waals surface area contributed by atoms with Crippen LogP contribution in [0, 0.1) is 24.5 Å². The van der Waals surface area contributed by atoms with E-state index >= 15 is 0 Å². The molecule has 2 unspecified atom stereocenters. The molecule has 0 saturated carbocycles. The Morgan fingerprint density at radius 3 is 2.85 bits per heavy atom. The van der Waals surface area contributed by atoms with E-state index in [4.69, 9.17) is 0 Å². The summed E-state index contributed by atoms with van der Waals surface area (Å²) < 4.78 is 0. The fraction of sp³-hybridized carbons (Fsp3) is 0.500. The molecule has 0 aliphatic heterocycles. The molecular weight excluding hydrogens is 398 g/mol. The van der Waals surface area contributed by atoms with Crippen molar-refractivity contribution in [2.75, 3.05) is 5.33 Å². The van der Waals surface area contributed by atoms with Crippen molar-refractivity contribution in [1.82, 2.24) is 5.32 Å². The normalized spacial score (nSPS) is 26.2. The summed E-state index contributed by atoms with van der Waals surface area (Å²) >= 11 is 3.33. The van der Waals surface area contributed by atoms with Gasteiger partial charge >= 0.3 is 21.1 Å². The van der Waals surface area contributed by atoms with Crippen LogP contribution in [0.4, 0.5) is 0 Å². The van der Waals surface area contributed by atoms with Crippen molar-refractivity contribution in [2.24, 2.45) is 11.8 Å². The molecule has 1 aliphatic rings. The van der Waals surface area contributed by atoms with E-state index in [-0.39, 0.29) is 21.1 Å². The Labute approximate surface area is 103 Å². The van der Waals surface area contributed by atoms with E-state index in [1.54, 1.807) is 0 Å². The second-order valence-corrected chi connectivity index (χ2v) is 3.67. The molecule has 0 radical (unpaired) electrons. The summed E-state index contributed by atoms with van der Waals surface area (Å²) in [5.74, 6) is 0.906. The van der Waals surface area contributed by atoms with Crippen molar-refractivity contribution in [3.05, 3.63) is 30.5 Å². The third-order valence-electron chi connectivity index (χ3n) is 1.86. The molecule has 0 bridgehead atoms. The van der Waals surface area contributed by atoms with Gasteiger partial charge in [0, 0.05) is 0 Å². The number of hydrogen-bond donors (Lipinski definition) is 1. The molecule has 1 rings (SSSR count). The van der Waals surface area contributed by atoms with Gasteiger partial charge in [-0.2, -0.15) is 5.92 Å². The van der Waals surface area contributed by atoms with Crippen LogP contribution in [0.15, 0.2) is 17.8 Å². The minimum Gasteiger partial charge on any atom is -0.566 e. The number of allylic oxidation sites excluding steroid dienone is 3. The van der Waals surface area contributed by atoms with Crippen LogP contribution >= 0.6 is 15.9 Å². The van der Waals surface area contributed by atoms with Crippen LogP contribution < -0.4 is 5.32 Å². The first-order chi connectivity index (χ1) is 5.74. The number of alkyl halides is 1. The predicted molar refractivity (Wildman–Crippen MR) is 55.5 cm³/mol. The van der Waals surface area contributed by atoms with Crippen LogP contribution in [0.25, 0.3) is 0 Å². The predicted octanol–water partition coefficient (Wildman–Crippen LogP) is 2.66. The molecule has 0 heterocycles. The van der Waals surface area contributed by atoms with Gasteiger partial charge in [-0.05, 0) is 5.92 Å². The van der Waals surface area contributed by atoms with Gasteiger partial charge in [0.25, 0.3) is 0 Å². The van der Waals surface area contributed by atoms with E-state index in [2.05, 4.69) is 53.3 Å². The number of halogens is 1. The van der Waals surface area contributed by atoms with Crippen LogP contribution in [0.3, 0.4) is 0 Å². The van der Waals surface area contributed by atoms with E-state index in [0.717, 1.165) is 5.33 Å². The van der Waals surface area contributed by atoms with Gasteiger partial charge in [-0.15, -0.1) is 27.3 Å². The number of rotatable bonds is 3. The van der Waals surface area contributed by atoms with Gasteiger partial charge in [-0.25, -0.2) is 12.2 Å². The molecule has 1 N–H and O–H groups in total. The maximum Gasteiger partial charge on any atom is 2.00 e. The molecular formula is C10H14BrNW. The summed E-state index contributed by atoms with van der Waals surface area (Å²) in [4.78, 5) is 0. The summed E-state index contributed by atoms with van der Waals surface area (Å²) in [6, 6.07) is 0. The molecule has 13 heavy (non-hydrogen) atoms. The minimum atomic E-state index is 0. The smallest absolute Gasteiger partial charge is 0.566 e. The Hall–Kier alpha value is 0.448. The SMILES string of the molecule is CC1[C-]=C(N[CH-]CBr)C(C)C=C1.[W+2]. The molecule has 0 spiro atoms. The van der Waals surface area contributed by atoms with Gasteiger partial charge < -0.3 is 11.4 Å². The Morgan fingerprint density at radius 1 is 1.54 bits per heavy atom. The summed E-state index contributed by atoms with van der Waals surface area (Å²) in [6.45, 7) is 6.29. The standard InChI is InChI=1S/C10H14BrN.W/c1-8-3-4-9(2)10(7-8)12-6-5-11;/h3-4,6,8-9,12H,5H2,1-2H3;/q-2;+2. The summed E-state index contributed by atoms with van der Waals surface area (Å²) in [5.41, 5.74) is 1.18. The first-order valence-corrected chi connectivity index (χ1v) is 5.32. The molecule has 1 aliphatic carbocycles. The van der Waals surface area contributed by atoms with E-state index in [1.165, 1.54) is 5.70 Å². The Balaban J connectivity index is 0.00000144. The molecule has 0 aromatic rings. The van der Waals surface area contributed by atoms with E-state index in [0.29, 0.717) is 11.8 Å².